The molecule has 0 aromatic heterocycles. The number of morpholine rings is 1. The Labute approximate surface area is 248 Å². The molecule has 4 rings (SSSR count). The standard InChI is InChI=1S/C31H40F4N2O6/c1-3-42-22-14-19(13-21(17-22)31(33,34)35)28-23(7-6-8-24(28)32)30(40,9-4-5-11-41-2)27-18-37(10-12-43-27)29(39)20-15-25(36)26(38)16-20/h6-8,13-14,17,20,25-27,38,40H,3-5,9-12,15-16,18,36H2,1-2H3. The molecule has 2 aromatic carbocycles. The molecule has 2 fully saturated rings. The number of nitrogens with zero attached hydrogens (tertiary/aromatic N) is 1. The molecule has 5 atom stereocenters. The summed E-state index contributed by atoms with van der Waals surface area (Å²) in [6, 6.07) is 6.48. The first-order chi connectivity index (χ1) is 20.4. The molecule has 1 aliphatic carbocycles. The Morgan fingerprint density at radius 2 is 1.95 bits per heavy atom. The number of benzene rings is 2. The van der Waals surface area contributed by atoms with Gasteiger partial charge >= 0.3 is 6.18 Å². The number of aliphatic hydroxyl groups excluding tert-OH is 1. The quantitative estimate of drug-likeness (QED) is 0.257. The van der Waals surface area contributed by atoms with E-state index in [0.717, 1.165) is 18.2 Å². The van der Waals surface area contributed by atoms with Crippen molar-refractivity contribution in [1.29, 1.82) is 0 Å². The predicted octanol–water partition coefficient (Wildman–Crippen LogP) is 4.24. The van der Waals surface area contributed by atoms with Crippen LogP contribution in [0.5, 0.6) is 5.75 Å². The molecule has 1 saturated carbocycles. The maximum atomic E-state index is 15.7. The summed E-state index contributed by atoms with van der Waals surface area (Å²) in [5, 5.41) is 22.5. The Bertz CT molecular complexity index is 1250. The van der Waals surface area contributed by atoms with Crippen molar-refractivity contribution >= 4 is 5.91 Å². The van der Waals surface area contributed by atoms with Gasteiger partial charge in [-0.25, -0.2) is 4.39 Å². The van der Waals surface area contributed by atoms with E-state index in [2.05, 4.69) is 0 Å². The van der Waals surface area contributed by atoms with Gasteiger partial charge in [-0.05, 0) is 74.4 Å². The summed E-state index contributed by atoms with van der Waals surface area (Å²) < 4.78 is 73.9. The molecule has 2 aromatic rings. The van der Waals surface area contributed by atoms with E-state index in [1.165, 1.54) is 18.2 Å². The topological polar surface area (TPSA) is 114 Å². The Morgan fingerprint density at radius 3 is 2.60 bits per heavy atom. The summed E-state index contributed by atoms with van der Waals surface area (Å²) in [6.07, 6.45) is -4.95. The summed E-state index contributed by atoms with van der Waals surface area (Å²) in [5.74, 6) is -1.62. The molecule has 5 unspecified atom stereocenters. The van der Waals surface area contributed by atoms with Crippen LogP contribution in [0.4, 0.5) is 17.6 Å². The van der Waals surface area contributed by atoms with Crippen molar-refractivity contribution < 1.29 is 46.8 Å². The number of carbonyl (C=O) groups excluding carboxylic acids is 1. The lowest BCUT2D eigenvalue weighted by Gasteiger charge is -2.43. The molecule has 43 heavy (non-hydrogen) atoms. The number of nitrogens with two attached hydrogens (primary N) is 1. The van der Waals surface area contributed by atoms with Crippen LogP contribution in [0.1, 0.15) is 50.2 Å². The first kappa shape index (κ1) is 33.1. The number of rotatable bonds is 11. The fraction of sp³-hybridized carbons (Fsp3) is 0.581. The van der Waals surface area contributed by atoms with Crippen molar-refractivity contribution in [3.63, 3.8) is 0 Å². The third kappa shape index (κ3) is 7.49. The highest BCUT2D eigenvalue weighted by atomic mass is 19.4. The second-order valence-corrected chi connectivity index (χ2v) is 11.3. The van der Waals surface area contributed by atoms with Crippen LogP contribution in [-0.2, 0) is 26.0 Å². The van der Waals surface area contributed by atoms with Gasteiger partial charge in [-0.15, -0.1) is 0 Å². The summed E-state index contributed by atoms with van der Waals surface area (Å²) in [4.78, 5) is 15.0. The lowest BCUT2D eigenvalue weighted by Crippen LogP contribution is -2.55. The van der Waals surface area contributed by atoms with Gasteiger partial charge in [-0.3, -0.25) is 4.79 Å². The number of alkyl halides is 3. The summed E-state index contributed by atoms with van der Waals surface area (Å²) in [6.45, 7) is 2.42. The Morgan fingerprint density at radius 1 is 1.19 bits per heavy atom. The number of methoxy groups -OCH3 is 1. The van der Waals surface area contributed by atoms with Crippen molar-refractivity contribution in [3.05, 3.63) is 53.3 Å². The molecule has 0 spiro atoms. The third-order valence-electron chi connectivity index (χ3n) is 8.31. The van der Waals surface area contributed by atoms with Gasteiger partial charge < -0.3 is 35.1 Å². The average Bonchev–Trinajstić information content (AvgIpc) is 3.32. The Hall–Kier alpha value is -2.77. The minimum absolute atomic E-state index is 0.0375. The number of unbranched alkanes of at least 4 members (excludes halogenated alkanes) is 1. The van der Waals surface area contributed by atoms with Crippen molar-refractivity contribution in [1.82, 2.24) is 4.90 Å². The van der Waals surface area contributed by atoms with Crippen LogP contribution >= 0.6 is 0 Å². The fourth-order valence-corrected chi connectivity index (χ4v) is 6.09. The van der Waals surface area contributed by atoms with E-state index in [4.69, 9.17) is 19.9 Å². The maximum absolute atomic E-state index is 15.7. The minimum Gasteiger partial charge on any atom is -0.494 e. The zero-order valence-electron chi connectivity index (χ0n) is 24.4. The van der Waals surface area contributed by atoms with E-state index >= 15 is 4.39 Å². The molecule has 1 aliphatic heterocycles. The van der Waals surface area contributed by atoms with Gasteiger partial charge in [-0.1, -0.05) is 12.1 Å². The molecule has 8 nitrogen and oxygen atoms in total. The van der Waals surface area contributed by atoms with E-state index in [1.54, 1.807) is 18.9 Å². The van der Waals surface area contributed by atoms with E-state index in [-0.39, 0.29) is 67.5 Å². The van der Waals surface area contributed by atoms with Crippen molar-refractivity contribution in [2.75, 3.05) is 40.0 Å². The molecule has 12 heteroatoms. The second kappa shape index (κ2) is 13.9. The molecular weight excluding hydrogens is 572 g/mol. The van der Waals surface area contributed by atoms with Crippen LogP contribution in [0.25, 0.3) is 11.1 Å². The number of ether oxygens (including phenoxy) is 3. The monoisotopic (exact) mass is 612 g/mol. The summed E-state index contributed by atoms with van der Waals surface area (Å²) >= 11 is 0. The van der Waals surface area contributed by atoms with Gasteiger partial charge in [0, 0.05) is 37.8 Å². The highest BCUT2D eigenvalue weighted by Gasteiger charge is 2.46. The van der Waals surface area contributed by atoms with Crippen molar-refractivity contribution in [2.24, 2.45) is 11.7 Å². The van der Waals surface area contributed by atoms with Gasteiger partial charge in [0.1, 0.15) is 23.3 Å². The summed E-state index contributed by atoms with van der Waals surface area (Å²) in [7, 11) is 1.54. The van der Waals surface area contributed by atoms with E-state index in [0.29, 0.717) is 25.9 Å². The van der Waals surface area contributed by atoms with E-state index in [9.17, 15) is 28.2 Å². The fourth-order valence-electron chi connectivity index (χ4n) is 6.09. The smallest absolute Gasteiger partial charge is 0.416 e. The first-order valence-electron chi connectivity index (χ1n) is 14.6. The zero-order chi connectivity index (χ0) is 31.4. The van der Waals surface area contributed by atoms with Crippen molar-refractivity contribution in [2.45, 2.75) is 69.1 Å². The van der Waals surface area contributed by atoms with Crippen LogP contribution in [0, 0.1) is 11.7 Å². The highest BCUT2D eigenvalue weighted by Crippen LogP contribution is 2.44. The zero-order valence-corrected chi connectivity index (χ0v) is 24.4. The molecule has 4 N–H and O–H groups in total. The SMILES string of the molecule is CCOc1cc(-c2c(F)cccc2C(O)(CCCCOC)C2CN(C(=O)C3CC(N)C(O)C3)CCO2)cc(C(F)(F)F)c1. The van der Waals surface area contributed by atoms with Crippen LogP contribution < -0.4 is 10.5 Å². The Kier molecular flexibility index (Phi) is 10.7. The van der Waals surface area contributed by atoms with E-state index in [1.807, 2.05) is 0 Å². The molecule has 238 valence electrons. The average molecular weight is 613 g/mol. The molecule has 1 heterocycles. The number of carbonyl (C=O) groups is 1. The lowest BCUT2D eigenvalue weighted by molar-refractivity contribution is -0.167. The Balaban J connectivity index is 1.77. The van der Waals surface area contributed by atoms with Crippen LogP contribution in [0.15, 0.2) is 36.4 Å². The molecule has 1 saturated heterocycles. The van der Waals surface area contributed by atoms with Gasteiger partial charge in [0.15, 0.2) is 0 Å². The van der Waals surface area contributed by atoms with Gasteiger partial charge in [-0.2, -0.15) is 13.2 Å². The number of hydrogen-bond donors (Lipinski definition) is 3. The van der Waals surface area contributed by atoms with Crippen molar-refractivity contribution in [3.8, 4) is 16.9 Å². The largest absolute Gasteiger partial charge is 0.494 e. The molecule has 1 amide bonds. The number of halogens is 4. The van der Waals surface area contributed by atoms with Gasteiger partial charge in [0.25, 0.3) is 0 Å². The van der Waals surface area contributed by atoms with Crippen LogP contribution in [-0.4, -0.2) is 79.3 Å². The second-order valence-electron chi connectivity index (χ2n) is 11.3. The third-order valence-corrected chi connectivity index (χ3v) is 8.31. The number of hydrogen-bond acceptors (Lipinski definition) is 7. The normalized spacial score (nSPS) is 24.2. The van der Waals surface area contributed by atoms with Crippen LogP contribution in [0.3, 0.4) is 0 Å². The molecule has 2 aliphatic rings. The first-order valence-corrected chi connectivity index (χ1v) is 14.6. The molecular formula is C31H40F4N2O6. The maximum Gasteiger partial charge on any atom is 0.416 e. The molecule has 0 radical (unpaired) electrons. The summed E-state index contributed by atoms with van der Waals surface area (Å²) in [5.41, 5.74) is 2.74. The lowest BCUT2D eigenvalue weighted by atomic mass is 9.78. The van der Waals surface area contributed by atoms with E-state index < -0.39 is 47.3 Å². The predicted molar refractivity (Wildman–Crippen MR) is 151 cm³/mol. The highest BCUT2D eigenvalue weighted by molar-refractivity contribution is 5.79. The van der Waals surface area contributed by atoms with Gasteiger partial charge in [0.05, 0.1) is 31.4 Å². The van der Waals surface area contributed by atoms with Gasteiger partial charge in [0.2, 0.25) is 5.91 Å². The molecule has 0 bridgehead atoms. The number of amides is 1. The minimum atomic E-state index is -4.73. The van der Waals surface area contributed by atoms with Crippen LogP contribution in [0.2, 0.25) is 0 Å². The number of aliphatic hydroxyl groups is 2.